The number of benzene rings is 1. The molecule has 0 saturated carbocycles. The second-order valence-electron chi connectivity index (χ2n) is 6.81. The van der Waals surface area contributed by atoms with Crippen molar-refractivity contribution in [3.63, 3.8) is 0 Å². The van der Waals surface area contributed by atoms with E-state index in [1.54, 1.807) is 11.8 Å². The summed E-state index contributed by atoms with van der Waals surface area (Å²) >= 11 is 7.64. The van der Waals surface area contributed by atoms with Crippen molar-refractivity contribution in [1.29, 1.82) is 0 Å². The molecule has 1 atom stereocenters. The summed E-state index contributed by atoms with van der Waals surface area (Å²) in [4.78, 5) is 29.7. The molecule has 2 saturated heterocycles. The highest BCUT2D eigenvalue weighted by Gasteiger charge is 2.31. The van der Waals surface area contributed by atoms with Gasteiger partial charge in [0.15, 0.2) is 0 Å². The third-order valence-corrected chi connectivity index (χ3v) is 6.28. The van der Waals surface area contributed by atoms with Gasteiger partial charge in [0.2, 0.25) is 11.8 Å². The molecule has 0 spiro atoms. The number of rotatable bonds is 6. The van der Waals surface area contributed by atoms with Crippen molar-refractivity contribution in [3.05, 3.63) is 29.3 Å². The van der Waals surface area contributed by atoms with E-state index in [1.165, 1.54) is 4.90 Å². The summed E-state index contributed by atoms with van der Waals surface area (Å²) in [6.07, 6.45) is 3.41. The molecular weight excluding hydrogens is 370 g/mol. The van der Waals surface area contributed by atoms with Crippen molar-refractivity contribution in [2.75, 3.05) is 38.5 Å². The lowest BCUT2D eigenvalue weighted by Crippen LogP contribution is -2.57. The first-order valence-corrected chi connectivity index (χ1v) is 10.7. The summed E-state index contributed by atoms with van der Waals surface area (Å²) in [6.45, 7) is 3.53. The van der Waals surface area contributed by atoms with Gasteiger partial charge < -0.3 is 15.1 Å². The summed E-state index contributed by atoms with van der Waals surface area (Å²) in [5.74, 6) is 1.30. The molecule has 0 radical (unpaired) electrons. The molecule has 0 bridgehead atoms. The van der Waals surface area contributed by atoms with Gasteiger partial charge in [-0.3, -0.25) is 9.59 Å². The number of halogens is 1. The average molecular weight is 396 g/mol. The average Bonchev–Trinajstić information content (AvgIpc) is 2.67. The molecule has 26 heavy (non-hydrogen) atoms. The summed E-state index contributed by atoms with van der Waals surface area (Å²) in [5.41, 5.74) is 0. The lowest BCUT2D eigenvalue weighted by atomic mass is 10.0. The van der Waals surface area contributed by atoms with Gasteiger partial charge in [0.25, 0.3) is 0 Å². The number of carbonyl (C=O) groups excluding carboxylic acids is 2. The van der Waals surface area contributed by atoms with E-state index in [0.717, 1.165) is 49.7 Å². The molecule has 1 aromatic carbocycles. The van der Waals surface area contributed by atoms with Crippen LogP contribution in [0.15, 0.2) is 29.2 Å². The topological polar surface area (TPSA) is 52.7 Å². The molecule has 7 heteroatoms. The predicted molar refractivity (Wildman–Crippen MR) is 106 cm³/mol. The molecule has 0 aliphatic carbocycles. The predicted octanol–water partition coefficient (Wildman–Crippen LogP) is 2.64. The maximum absolute atomic E-state index is 12.5. The van der Waals surface area contributed by atoms with Crippen molar-refractivity contribution in [1.82, 2.24) is 15.1 Å². The number of nitrogens with one attached hydrogen (secondary N) is 1. The van der Waals surface area contributed by atoms with Crippen molar-refractivity contribution < 1.29 is 9.59 Å². The summed E-state index contributed by atoms with van der Waals surface area (Å²) in [6, 6.07) is 7.98. The van der Waals surface area contributed by atoms with Crippen LogP contribution in [-0.4, -0.2) is 66.1 Å². The van der Waals surface area contributed by atoms with E-state index >= 15 is 0 Å². The minimum Gasteiger partial charge on any atom is -0.341 e. The van der Waals surface area contributed by atoms with Crippen molar-refractivity contribution in [3.8, 4) is 0 Å². The molecule has 3 rings (SSSR count). The smallest absolute Gasteiger partial charge is 0.236 e. The first-order valence-electron chi connectivity index (χ1n) is 9.30. The summed E-state index contributed by atoms with van der Waals surface area (Å²) in [7, 11) is 0. The van der Waals surface area contributed by atoms with Crippen LogP contribution < -0.4 is 5.32 Å². The summed E-state index contributed by atoms with van der Waals surface area (Å²) < 4.78 is 0. The largest absolute Gasteiger partial charge is 0.341 e. The van der Waals surface area contributed by atoms with Gasteiger partial charge in [-0.05, 0) is 49.3 Å². The van der Waals surface area contributed by atoms with E-state index in [9.17, 15) is 9.59 Å². The van der Waals surface area contributed by atoms with Gasteiger partial charge >= 0.3 is 0 Å². The zero-order valence-corrected chi connectivity index (χ0v) is 16.5. The Hall–Kier alpha value is -1.24. The minimum absolute atomic E-state index is 0.162. The lowest BCUT2D eigenvalue weighted by molar-refractivity contribution is -0.140. The van der Waals surface area contributed by atoms with Gasteiger partial charge in [-0.1, -0.05) is 11.6 Å². The number of amides is 2. The Bertz CT molecular complexity index is 626. The van der Waals surface area contributed by atoms with Gasteiger partial charge in [-0.2, -0.15) is 0 Å². The normalized spacial score (nSPS) is 21.1. The Balaban J connectivity index is 1.41. The highest BCUT2D eigenvalue weighted by Crippen LogP contribution is 2.22. The van der Waals surface area contributed by atoms with E-state index in [4.69, 9.17) is 11.6 Å². The van der Waals surface area contributed by atoms with E-state index in [1.807, 2.05) is 34.1 Å². The molecule has 2 aliphatic rings. The first kappa shape index (κ1) is 19.5. The fourth-order valence-electron chi connectivity index (χ4n) is 3.55. The Morgan fingerprint density at radius 2 is 2.08 bits per heavy atom. The fraction of sp³-hybridized carbons (Fsp3) is 0.579. The van der Waals surface area contributed by atoms with Gasteiger partial charge in [-0.25, -0.2) is 0 Å². The third kappa shape index (κ3) is 5.38. The maximum atomic E-state index is 12.5. The molecule has 2 aliphatic heterocycles. The maximum Gasteiger partial charge on any atom is 0.236 e. The summed E-state index contributed by atoms with van der Waals surface area (Å²) in [5, 5.41) is 3.85. The van der Waals surface area contributed by atoms with E-state index < -0.39 is 0 Å². The number of thioether (sulfide) groups is 1. The van der Waals surface area contributed by atoms with Gasteiger partial charge in [0.1, 0.15) is 0 Å². The zero-order valence-electron chi connectivity index (χ0n) is 15.0. The van der Waals surface area contributed by atoms with Crippen LogP contribution >= 0.6 is 23.4 Å². The molecule has 0 aromatic heterocycles. The van der Waals surface area contributed by atoms with Gasteiger partial charge in [0.05, 0.1) is 6.54 Å². The fourth-order valence-corrected chi connectivity index (χ4v) is 4.52. The molecule has 2 heterocycles. The van der Waals surface area contributed by atoms with Crippen LogP contribution in [0.25, 0.3) is 0 Å². The number of piperidine rings is 1. The monoisotopic (exact) mass is 395 g/mol. The van der Waals surface area contributed by atoms with Crippen LogP contribution in [0.2, 0.25) is 5.02 Å². The highest BCUT2D eigenvalue weighted by molar-refractivity contribution is 7.99. The van der Waals surface area contributed by atoms with Gasteiger partial charge in [-0.15, -0.1) is 11.8 Å². The SMILES string of the molecule is O=C(CCCSc1ccc(Cl)cc1)N1CCCC(N2CCNCC2=O)C1. The second kappa shape index (κ2) is 9.62. The zero-order chi connectivity index (χ0) is 18.4. The number of piperazine rings is 1. The van der Waals surface area contributed by atoms with Crippen LogP contribution in [-0.2, 0) is 9.59 Å². The Morgan fingerprint density at radius 3 is 2.85 bits per heavy atom. The van der Waals surface area contributed by atoms with Gasteiger partial charge in [0, 0.05) is 48.6 Å². The number of nitrogens with zero attached hydrogens (tertiary/aromatic N) is 2. The molecule has 1 N–H and O–H groups in total. The van der Waals surface area contributed by atoms with Crippen LogP contribution in [0.3, 0.4) is 0 Å². The molecule has 1 aromatic rings. The highest BCUT2D eigenvalue weighted by atomic mass is 35.5. The Morgan fingerprint density at radius 1 is 1.27 bits per heavy atom. The molecule has 5 nitrogen and oxygen atoms in total. The van der Waals surface area contributed by atoms with Crippen LogP contribution in [0, 0.1) is 0 Å². The quantitative estimate of drug-likeness (QED) is 0.594. The Kier molecular flexibility index (Phi) is 7.23. The number of likely N-dealkylation sites (tertiary alicyclic amines) is 1. The van der Waals surface area contributed by atoms with Crippen LogP contribution in [0.1, 0.15) is 25.7 Å². The minimum atomic E-state index is 0.162. The van der Waals surface area contributed by atoms with Crippen LogP contribution in [0.4, 0.5) is 0 Å². The molecule has 2 amide bonds. The number of hydrogen-bond donors (Lipinski definition) is 1. The van der Waals surface area contributed by atoms with Crippen molar-refractivity contribution in [2.24, 2.45) is 0 Å². The number of hydrogen-bond acceptors (Lipinski definition) is 4. The van der Waals surface area contributed by atoms with Crippen molar-refractivity contribution in [2.45, 2.75) is 36.6 Å². The van der Waals surface area contributed by atoms with Crippen LogP contribution in [0.5, 0.6) is 0 Å². The van der Waals surface area contributed by atoms with E-state index in [2.05, 4.69) is 5.32 Å². The van der Waals surface area contributed by atoms with E-state index in [-0.39, 0.29) is 17.9 Å². The Labute approximate surface area is 164 Å². The molecule has 1 unspecified atom stereocenters. The van der Waals surface area contributed by atoms with E-state index in [0.29, 0.717) is 19.5 Å². The molecule has 2 fully saturated rings. The molecule has 142 valence electrons. The first-order chi connectivity index (χ1) is 12.6. The third-order valence-electron chi connectivity index (χ3n) is 4.93. The lowest BCUT2D eigenvalue weighted by Gasteiger charge is -2.41. The number of carbonyl (C=O) groups is 2. The van der Waals surface area contributed by atoms with Crippen molar-refractivity contribution >= 4 is 35.2 Å². The second-order valence-corrected chi connectivity index (χ2v) is 8.41. The standard InChI is InChI=1S/C19H26ClN3O2S/c20-15-5-7-17(8-6-15)26-12-2-4-18(24)22-10-1-3-16(14-22)23-11-9-21-13-19(23)25/h5-8,16,21H,1-4,9-14H2. The molecular formula is C19H26ClN3O2S.